The summed E-state index contributed by atoms with van der Waals surface area (Å²) < 4.78 is 34.7. The van der Waals surface area contributed by atoms with E-state index in [0.29, 0.717) is 0 Å². The molecule has 1 aromatic carbocycles. The summed E-state index contributed by atoms with van der Waals surface area (Å²) in [7, 11) is 1.56. The summed E-state index contributed by atoms with van der Waals surface area (Å²) in [4.78, 5) is 2.62. The lowest BCUT2D eigenvalue weighted by molar-refractivity contribution is 0.164. The molecule has 1 N–H and O–H groups in total. The van der Waals surface area contributed by atoms with Crippen LogP contribution in [0.5, 0.6) is 5.75 Å². The lowest BCUT2D eigenvalue weighted by Gasteiger charge is -2.34. The van der Waals surface area contributed by atoms with E-state index in [1.165, 1.54) is 53.2 Å². The summed E-state index contributed by atoms with van der Waals surface area (Å²) in [5.41, 5.74) is 1.35. The van der Waals surface area contributed by atoms with E-state index in [1.54, 1.807) is 21.2 Å². The maximum Gasteiger partial charge on any atom is 0.279 e. The molecule has 0 spiro atoms. The molecule has 1 saturated carbocycles. The second-order valence-corrected chi connectivity index (χ2v) is 12.1. The molecule has 3 rings (SSSR count). The number of nitrogens with zero attached hydrogens (tertiary/aromatic N) is 2. The molecule has 0 atom stereocenters. The molecule has 176 valence electrons. The topological polar surface area (TPSA) is 61.9 Å². The molecule has 0 bridgehead atoms. The number of hydrogen-bond donors (Lipinski definition) is 1. The Morgan fingerprint density at radius 2 is 1.77 bits per heavy atom. The summed E-state index contributed by atoms with van der Waals surface area (Å²) in [5, 5.41) is 0. The Morgan fingerprint density at radius 3 is 2.39 bits per heavy atom. The second kappa shape index (κ2) is 11.5. The van der Waals surface area contributed by atoms with Gasteiger partial charge in [0, 0.05) is 24.6 Å². The minimum absolute atomic E-state index is 0.0929. The minimum Gasteiger partial charge on any atom is -0.497 e. The maximum absolute atomic E-state index is 12.0. The third-order valence-corrected chi connectivity index (χ3v) is 9.33. The zero-order valence-electron chi connectivity index (χ0n) is 19.1. The SMILES string of the molecule is COc1ccc(Br)c(CC2CCN(CCC3CCC(NS(=O)(=O)N(C)C)CC3)CC2)c1. The Labute approximate surface area is 197 Å². The quantitative estimate of drug-likeness (QED) is 0.538. The van der Waals surface area contributed by atoms with Crippen LogP contribution in [0.15, 0.2) is 22.7 Å². The van der Waals surface area contributed by atoms with Crippen LogP contribution in [-0.2, 0) is 16.6 Å². The van der Waals surface area contributed by atoms with Crippen molar-refractivity contribution in [2.24, 2.45) is 11.8 Å². The Bertz CT molecular complexity index is 802. The van der Waals surface area contributed by atoms with Crippen LogP contribution in [0.2, 0.25) is 0 Å². The van der Waals surface area contributed by atoms with E-state index in [1.807, 2.05) is 6.07 Å². The number of methoxy groups -OCH3 is 1. The van der Waals surface area contributed by atoms with Crippen molar-refractivity contribution in [3.05, 3.63) is 28.2 Å². The third-order valence-electron chi connectivity index (χ3n) is 6.97. The van der Waals surface area contributed by atoms with Gasteiger partial charge in [-0.15, -0.1) is 0 Å². The van der Waals surface area contributed by atoms with Gasteiger partial charge in [0.1, 0.15) is 5.75 Å². The molecule has 8 heteroatoms. The second-order valence-electron chi connectivity index (χ2n) is 9.36. The third kappa shape index (κ3) is 7.42. The molecular weight excluding hydrogens is 478 g/mol. The standard InChI is InChI=1S/C23H38BrN3O3S/c1-26(2)31(28,29)25-21-6-4-18(5-7-21)10-13-27-14-11-19(12-15-27)16-20-17-22(30-3)8-9-23(20)24/h8-9,17-19,21,25H,4-7,10-16H2,1-3H3. The molecule has 1 aromatic rings. The molecule has 6 nitrogen and oxygen atoms in total. The first-order chi connectivity index (χ1) is 14.8. The Balaban J connectivity index is 1.35. The molecule has 0 amide bonds. The lowest BCUT2D eigenvalue weighted by atomic mass is 9.84. The van der Waals surface area contributed by atoms with Gasteiger partial charge in [0.25, 0.3) is 10.2 Å². The zero-order valence-corrected chi connectivity index (χ0v) is 21.6. The Hall–Kier alpha value is -0.670. The minimum atomic E-state index is -3.31. The number of hydrogen-bond acceptors (Lipinski definition) is 4. The number of nitrogens with one attached hydrogen (secondary N) is 1. The predicted molar refractivity (Wildman–Crippen MR) is 130 cm³/mol. The van der Waals surface area contributed by atoms with Gasteiger partial charge >= 0.3 is 0 Å². The van der Waals surface area contributed by atoms with E-state index in [2.05, 4.69) is 37.7 Å². The van der Waals surface area contributed by atoms with Gasteiger partial charge in [-0.3, -0.25) is 0 Å². The van der Waals surface area contributed by atoms with Crippen molar-refractivity contribution in [1.29, 1.82) is 0 Å². The summed E-state index contributed by atoms with van der Waals surface area (Å²) in [6, 6.07) is 6.34. The molecule has 2 fully saturated rings. The Kier molecular flexibility index (Phi) is 9.22. The molecule has 0 radical (unpaired) electrons. The molecule has 31 heavy (non-hydrogen) atoms. The van der Waals surface area contributed by atoms with Crippen molar-refractivity contribution < 1.29 is 13.2 Å². The van der Waals surface area contributed by atoms with Crippen LogP contribution in [0.4, 0.5) is 0 Å². The predicted octanol–water partition coefficient (Wildman–Crippen LogP) is 4.06. The van der Waals surface area contributed by atoms with Gasteiger partial charge in [-0.2, -0.15) is 17.4 Å². The van der Waals surface area contributed by atoms with Crippen LogP contribution >= 0.6 is 15.9 Å². The fourth-order valence-corrected chi connectivity index (χ4v) is 6.09. The van der Waals surface area contributed by atoms with Gasteiger partial charge in [-0.1, -0.05) is 15.9 Å². The van der Waals surface area contributed by atoms with Crippen LogP contribution < -0.4 is 9.46 Å². The Morgan fingerprint density at radius 1 is 1.10 bits per heavy atom. The fraction of sp³-hybridized carbons (Fsp3) is 0.739. The first kappa shape index (κ1) is 25.0. The number of piperidine rings is 1. The monoisotopic (exact) mass is 515 g/mol. The van der Waals surface area contributed by atoms with Crippen LogP contribution in [0.25, 0.3) is 0 Å². The summed E-state index contributed by atoms with van der Waals surface area (Å²) in [6.45, 7) is 3.54. The molecule has 0 unspecified atom stereocenters. The number of likely N-dealkylation sites (tertiary alicyclic amines) is 1. The first-order valence-corrected chi connectivity index (χ1v) is 13.7. The highest BCUT2D eigenvalue weighted by atomic mass is 79.9. The molecular formula is C23H38BrN3O3S. The number of ether oxygens (including phenoxy) is 1. The van der Waals surface area contributed by atoms with Crippen molar-refractivity contribution in [1.82, 2.24) is 13.9 Å². The van der Waals surface area contributed by atoms with Gasteiger partial charge in [0.15, 0.2) is 0 Å². The van der Waals surface area contributed by atoms with Crippen molar-refractivity contribution in [2.45, 2.75) is 57.4 Å². The van der Waals surface area contributed by atoms with Crippen molar-refractivity contribution >= 4 is 26.1 Å². The highest BCUT2D eigenvalue weighted by Gasteiger charge is 2.27. The smallest absolute Gasteiger partial charge is 0.279 e. The average Bonchev–Trinajstić information content (AvgIpc) is 2.75. The summed E-state index contributed by atoms with van der Waals surface area (Å²) >= 11 is 3.69. The van der Waals surface area contributed by atoms with Crippen molar-refractivity contribution in [3.8, 4) is 5.75 Å². The molecule has 1 aliphatic heterocycles. The number of benzene rings is 1. The van der Waals surface area contributed by atoms with E-state index >= 15 is 0 Å². The van der Waals surface area contributed by atoms with Crippen LogP contribution in [0.1, 0.15) is 50.5 Å². The van der Waals surface area contributed by atoms with Gasteiger partial charge in [0.2, 0.25) is 0 Å². The van der Waals surface area contributed by atoms with Gasteiger partial charge in [-0.25, -0.2) is 0 Å². The summed E-state index contributed by atoms with van der Waals surface area (Å²) in [5.74, 6) is 2.39. The van der Waals surface area contributed by atoms with E-state index in [9.17, 15) is 8.42 Å². The van der Waals surface area contributed by atoms with Crippen LogP contribution in [0.3, 0.4) is 0 Å². The van der Waals surface area contributed by atoms with E-state index in [4.69, 9.17) is 4.74 Å². The maximum atomic E-state index is 12.0. The van der Waals surface area contributed by atoms with Gasteiger partial charge in [-0.05, 0) is 107 Å². The van der Waals surface area contributed by atoms with Crippen LogP contribution in [0, 0.1) is 11.8 Å². The molecule has 1 saturated heterocycles. The lowest BCUT2D eigenvalue weighted by Crippen LogP contribution is -2.43. The first-order valence-electron chi connectivity index (χ1n) is 11.5. The van der Waals surface area contributed by atoms with E-state index in [-0.39, 0.29) is 6.04 Å². The fourth-order valence-electron chi connectivity index (χ4n) is 4.81. The van der Waals surface area contributed by atoms with E-state index < -0.39 is 10.2 Å². The van der Waals surface area contributed by atoms with Crippen molar-refractivity contribution in [3.63, 3.8) is 0 Å². The highest BCUT2D eigenvalue weighted by Crippen LogP contribution is 2.30. The van der Waals surface area contributed by atoms with Crippen molar-refractivity contribution in [2.75, 3.05) is 40.8 Å². The normalized spacial score (nSPS) is 23.9. The largest absolute Gasteiger partial charge is 0.497 e. The molecule has 2 aliphatic rings. The molecule has 0 aromatic heterocycles. The van der Waals surface area contributed by atoms with Gasteiger partial charge < -0.3 is 9.64 Å². The zero-order chi connectivity index (χ0) is 22.4. The molecule has 1 aliphatic carbocycles. The molecule has 1 heterocycles. The summed E-state index contributed by atoms with van der Waals surface area (Å²) in [6.07, 6.45) is 9.01. The van der Waals surface area contributed by atoms with E-state index in [0.717, 1.165) is 49.7 Å². The van der Waals surface area contributed by atoms with Crippen LogP contribution in [-0.4, -0.2) is 64.5 Å². The highest BCUT2D eigenvalue weighted by molar-refractivity contribution is 9.10. The van der Waals surface area contributed by atoms with Gasteiger partial charge in [0.05, 0.1) is 7.11 Å². The average molecular weight is 517 g/mol. The number of rotatable bonds is 9. The number of halogens is 1.